The zero-order valence-electron chi connectivity index (χ0n) is 21.5. The average molecular weight is 527 g/mol. The minimum Gasteiger partial charge on any atom is -0.309 e. The van der Waals surface area contributed by atoms with E-state index in [0.717, 1.165) is 11.1 Å². The summed E-state index contributed by atoms with van der Waals surface area (Å²) in [6, 6.07) is 49.6. The Labute approximate surface area is 235 Å². The summed E-state index contributed by atoms with van der Waals surface area (Å²) in [5.41, 5.74) is 8.75. The highest BCUT2D eigenvalue weighted by molar-refractivity contribution is 7.25. The fraction of sp³-hybridized carbons (Fsp3) is 0. The normalized spacial score (nSPS) is 11.5. The van der Waals surface area contributed by atoms with Crippen molar-refractivity contribution >= 4 is 53.3 Å². The maximum absolute atomic E-state index is 9.60. The van der Waals surface area contributed by atoms with Crippen molar-refractivity contribution in [3.05, 3.63) is 139 Å². The van der Waals surface area contributed by atoms with Crippen molar-refractivity contribution in [3.63, 3.8) is 0 Å². The van der Waals surface area contributed by atoms with Crippen molar-refractivity contribution in [2.45, 2.75) is 0 Å². The van der Waals surface area contributed by atoms with Gasteiger partial charge in [0.2, 0.25) is 0 Å². The molecule has 2 heterocycles. The topological polar surface area (TPSA) is 28.7 Å². The fourth-order valence-corrected chi connectivity index (χ4v) is 7.17. The van der Waals surface area contributed by atoms with E-state index < -0.39 is 0 Å². The molecule has 0 saturated heterocycles. The highest BCUT2D eigenvalue weighted by atomic mass is 32.1. The van der Waals surface area contributed by atoms with Crippen molar-refractivity contribution < 1.29 is 0 Å². The smallest absolute Gasteiger partial charge is 0.0998 e. The molecule has 186 valence electrons. The highest BCUT2D eigenvalue weighted by Gasteiger charge is 2.16. The Morgan fingerprint density at radius 2 is 1.12 bits per heavy atom. The predicted octanol–water partition coefficient (Wildman–Crippen LogP) is 10.4. The van der Waals surface area contributed by atoms with Gasteiger partial charge in [0.1, 0.15) is 0 Å². The Morgan fingerprint density at radius 1 is 0.500 bits per heavy atom. The summed E-state index contributed by atoms with van der Waals surface area (Å²) in [6.07, 6.45) is 0. The van der Waals surface area contributed by atoms with E-state index in [-0.39, 0.29) is 0 Å². The molecule has 3 heteroatoms. The maximum atomic E-state index is 9.60. The molecule has 0 N–H and O–H groups in total. The highest BCUT2D eigenvalue weighted by Crippen LogP contribution is 2.41. The van der Waals surface area contributed by atoms with Gasteiger partial charge in [-0.2, -0.15) is 5.26 Å². The van der Waals surface area contributed by atoms with Crippen LogP contribution in [-0.2, 0) is 0 Å². The number of para-hydroxylation sites is 3. The maximum Gasteiger partial charge on any atom is 0.0998 e. The van der Waals surface area contributed by atoms with E-state index in [0.29, 0.717) is 5.56 Å². The molecule has 8 rings (SSSR count). The third-order valence-corrected chi connectivity index (χ3v) is 9.00. The third kappa shape index (κ3) is 3.41. The Morgan fingerprint density at radius 3 is 1.90 bits per heavy atom. The molecule has 0 aliphatic rings. The van der Waals surface area contributed by atoms with Crippen molar-refractivity contribution in [1.29, 1.82) is 5.26 Å². The second-order valence-electron chi connectivity index (χ2n) is 10.1. The van der Waals surface area contributed by atoms with E-state index in [1.807, 2.05) is 24.3 Å². The van der Waals surface area contributed by atoms with Crippen LogP contribution in [0.1, 0.15) is 5.56 Å². The molecule has 0 amide bonds. The van der Waals surface area contributed by atoms with E-state index in [9.17, 15) is 5.26 Å². The summed E-state index contributed by atoms with van der Waals surface area (Å²) in [5, 5.41) is 14.6. The molecule has 40 heavy (non-hydrogen) atoms. The number of benzene rings is 6. The second kappa shape index (κ2) is 8.95. The molecule has 0 atom stereocenters. The van der Waals surface area contributed by atoms with Crippen molar-refractivity contribution in [3.8, 4) is 34.0 Å². The van der Waals surface area contributed by atoms with E-state index in [4.69, 9.17) is 0 Å². The summed E-state index contributed by atoms with van der Waals surface area (Å²) in [5.74, 6) is 0. The van der Waals surface area contributed by atoms with Gasteiger partial charge in [0.25, 0.3) is 0 Å². The molecule has 0 saturated carbocycles. The summed E-state index contributed by atoms with van der Waals surface area (Å²) < 4.78 is 4.89. The Balaban J connectivity index is 1.32. The number of nitriles is 1. The van der Waals surface area contributed by atoms with Crippen LogP contribution in [-0.4, -0.2) is 4.57 Å². The summed E-state index contributed by atoms with van der Waals surface area (Å²) in [7, 11) is 0. The summed E-state index contributed by atoms with van der Waals surface area (Å²) >= 11 is 1.81. The SMILES string of the molecule is N#Cc1ccccc1-c1ccc2c(c1)sc1ccc(-c3ccccc3-n3c4ccccc4c4ccccc43)cc12. The largest absolute Gasteiger partial charge is 0.309 e. The van der Waals surface area contributed by atoms with Gasteiger partial charge in [0.05, 0.1) is 28.4 Å². The molecule has 6 aromatic carbocycles. The molecular weight excluding hydrogens is 504 g/mol. The lowest BCUT2D eigenvalue weighted by molar-refractivity contribution is 1.18. The quantitative estimate of drug-likeness (QED) is 0.225. The standard InChI is InChI=1S/C37H22N2S/c38-23-26-9-1-2-10-27(26)25-17-19-31-32-21-24(18-20-36(32)40-37(31)22-25)28-11-3-6-14-33(28)39-34-15-7-4-12-29(34)30-13-5-8-16-35(30)39/h1-22H. The summed E-state index contributed by atoms with van der Waals surface area (Å²) in [4.78, 5) is 0. The zero-order valence-corrected chi connectivity index (χ0v) is 22.3. The predicted molar refractivity (Wildman–Crippen MR) is 169 cm³/mol. The molecule has 0 spiro atoms. The molecular formula is C37H22N2S. The van der Waals surface area contributed by atoms with Crippen LogP contribution in [0.5, 0.6) is 0 Å². The van der Waals surface area contributed by atoms with Crippen LogP contribution in [0.3, 0.4) is 0 Å². The van der Waals surface area contributed by atoms with Gasteiger partial charge in [-0.15, -0.1) is 11.3 Å². The minimum atomic E-state index is 0.701. The molecule has 0 bridgehead atoms. The van der Waals surface area contributed by atoms with Gasteiger partial charge in [0.15, 0.2) is 0 Å². The van der Waals surface area contributed by atoms with Crippen LogP contribution in [0, 0.1) is 11.3 Å². The van der Waals surface area contributed by atoms with Crippen molar-refractivity contribution in [2.75, 3.05) is 0 Å². The lowest BCUT2D eigenvalue weighted by Crippen LogP contribution is -1.96. The first-order valence-electron chi connectivity index (χ1n) is 13.3. The molecule has 0 unspecified atom stereocenters. The Kier molecular flexibility index (Phi) is 5.10. The van der Waals surface area contributed by atoms with Crippen LogP contribution in [0.15, 0.2) is 133 Å². The van der Waals surface area contributed by atoms with Gasteiger partial charge in [-0.3, -0.25) is 0 Å². The number of thiophene rings is 1. The van der Waals surface area contributed by atoms with Gasteiger partial charge in [-0.05, 0) is 59.2 Å². The molecule has 0 radical (unpaired) electrons. The number of fused-ring (bicyclic) bond motifs is 6. The van der Waals surface area contributed by atoms with Gasteiger partial charge >= 0.3 is 0 Å². The first-order valence-corrected chi connectivity index (χ1v) is 14.2. The number of aromatic nitrogens is 1. The lowest BCUT2D eigenvalue weighted by atomic mass is 9.98. The summed E-state index contributed by atoms with van der Waals surface area (Å²) in [6.45, 7) is 0. The van der Waals surface area contributed by atoms with Crippen molar-refractivity contribution in [1.82, 2.24) is 4.57 Å². The van der Waals surface area contributed by atoms with Gasteiger partial charge < -0.3 is 4.57 Å². The van der Waals surface area contributed by atoms with Crippen LogP contribution in [0.2, 0.25) is 0 Å². The number of hydrogen-bond donors (Lipinski definition) is 0. The molecule has 2 aromatic heterocycles. The van der Waals surface area contributed by atoms with Crippen LogP contribution >= 0.6 is 11.3 Å². The number of nitrogens with zero attached hydrogens (tertiary/aromatic N) is 2. The molecule has 0 aliphatic carbocycles. The van der Waals surface area contributed by atoms with E-state index in [1.165, 1.54) is 58.8 Å². The van der Waals surface area contributed by atoms with E-state index in [2.05, 4.69) is 120 Å². The van der Waals surface area contributed by atoms with Gasteiger partial charge in [0, 0.05) is 36.5 Å². The number of hydrogen-bond acceptors (Lipinski definition) is 2. The Hall–Kier alpha value is -5.17. The van der Waals surface area contributed by atoms with E-state index >= 15 is 0 Å². The van der Waals surface area contributed by atoms with Crippen molar-refractivity contribution in [2.24, 2.45) is 0 Å². The molecule has 0 fully saturated rings. The molecule has 2 nitrogen and oxygen atoms in total. The van der Waals surface area contributed by atoms with Crippen LogP contribution in [0.25, 0.3) is 69.9 Å². The second-order valence-corrected chi connectivity index (χ2v) is 11.2. The minimum absolute atomic E-state index is 0.701. The van der Waals surface area contributed by atoms with Crippen LogP contribution < -0.4 is 0 Å². The monoisotopic (exact) mass is 526 g/mol. The number of rotatable bonds is 3. The lowest BCUT2D eigenvalue weighted by Gasteiger charge is -2.14. The van der Waals surface area contributed by atoms with Crippen LogP contribution in [0.4, 0.5) is 0 Å². The van der Waals surface area contributed by atoms with Gasteiger partial charge in [-0.25, -0.2) is 0 Å². The van der Waals surface area contributed by atoms with Gasteiger partial charge in [-0.1, -0.05) is 91.0 Å². The zero-order chi connectivity index (χ0) is 26.6. The van der Waals surface area contributed by atoms with E-state index in [1.54, 1.807) is 11.3 Å². The third-order valence-electron chi connectivity index (χ3n) is 7.87. The first-order chi connectivity index (χ1) is 19.8. The molecule has 8 aromatic rings. The first kappa shape index (κ1) is 22.8. The Bertz CT molecular complexity index is 2240. The molecule has 0 aliphatic heterocycles. The fourth-order valence-electron chi connectivity index (χ4n) is 6.04. The average Bonchev–Trinajstić information content (AvgIpc) is 3.56.